The molecule has 0 radical (unpaired) electrons. The minimum absolute atomic E-state index is 0.427. The fraction of sp³-hybridized carbons (Fsp3) is 0.143. The fourth-order valence-corrected chi connectivity index (χ4v) is 2.32. The summed E-state index contributed by atoms with van der Waals surface area (Å²) in [5, 5.41) is 12.3. The van der Waals surface area contributed by atoms with Crippen molar-refractivity contribution in [1.29, 1.82) is 0 Å². The van der Waals surface area contributed by atoms with Gasteiger partial charge >= 0.3 is 0 Å². The fourth-order valence-electron chi connectivity index (χ4n) is 2.06. The average molecular weight is 289 g/mol. The lowest BCUT2D eigenvalue weighted by Crippen LogP contribution is -1.95. The van der Waals surface area contributed by atoms with Crippen molar-refractivity contribution in [1.82, 2.24) is 15.2 Å². The lowest BCUT2D eigenvalue weighted by atomic mass is 10.1. The van der Waals surface area contributed by atoms with E-state index >= 15 is 0 Å². The molecule has 20 heavy (non-hydrogen) atoms. The molecule has 0 saturated carbocycles. The summed E-state index contributed by atoms with van der Waals surface area (Å²) >= 11 is 6.23. The smallest absolute Gasteiger partial charge is 0.153 e. The first-order valence-electron chi connectivity index (χ1n) is 6.09. The van der Waals surface area contributed by atoms with Crippen LogP contribution in [-0.4, -0.2) is 22.3 Å². The number of nitrogens with one attached hydrogen (secondary N) is 2. The molecule has 5 nitrogen and oxygen atoms in total. The summed E-state index contributed by atoms with van der Waals surface area (Å²) in [4.78, 5) is 4.33. The van der Waals surface area contributed by atoms with Crippen molar-refractivity contribution >= 4 is 34.0 Å². The zero-order chi connectivity index (χ0) is 14.1. The van der Waals surface area contributed by atoms with Crippen molar-refractivity contribution in [2.75, 3.05) is 12.4 Å². The number of pyridine rings is 1. The monoisotopic (exact) mass is 288 g/mol. The molecule has 0 fully saturated rings. The molecule has 6 heteroatoms. The number of fused-ring (bicyclic) bond motifs is 1. The number of ether oxygens (including phenoxy) is 1. The number of rotatable bonds is 3. The Balaban J connectivity index is 2.08. The van der Waals surface area contributed by atoms with Gasteiger partial charge in [0.2, 0.25) is 0 Å². The minimum Gasteiger partial charge on any atom is -0.496 e. The number of H-pyrrole nitrogens is 1. The summed E-state index contributed by atoms with van der Waals surface area (Å²) in [5.41, 5.74) is 0.969. The molecule has 0 spiro atoms. The van der Waals surface area contributed by atoms with E-state index in [1.54, 1.807) is 7.11 Å². The molecule has 0 amide bonds. The number of halogens is 1. The minimum atomic E-state index is 0.427. The predicted octanol–water partition coefficient (Wildman–Crippen LogP) is 3.67. The molecule has 102 valence electrons. The van der Waals surface area contributed by atoms with E-state index < -0.39 is 0 Å². The molecular weight excluding hydrogens is 276 g/mol. The van der Waals surface area contributed by atoms with Crippen LogP contribution in [0.3, 0.4) is 0 Å². The molecule has 2 N–H and O–H groups in total. The average Bonchev–Trinajstić information content (AvgIpc) is 2.83. The first kappa shape index (κ1) is 12.7. The first-order valence-corrected chi connectivity index (χ1v) is 6.47. The van der Waals surface area contributed by atoms with Gasteiger partial charge in [0.1, 0.15) is 16.7 Å². The molecule has 1 aromatic carbocycles. The van der Waals surface area contributed by atoms with E-state index in [9.17, 15) is 0 Å². The van der Waals surface area contributed by atoms with Gasteiger partial charge in [-0.15, -0.1) is 0 Å². The molecule has 0 unspecified atom stereocenters. The number of aryl methyl sites for hydroxylation is 1. The molecule has 0 aliphatic rings. The van der Waals surface area contributed by atoms with Gasteiger partial charge in [0.25, 0.3) is 0 Å². The molecule has 0 aliphatic heterocycles. The summed E-state index contributed by atoms with van der Waals surface area (Å²) in [6.07, 6.45) is 0. The van der Waals surface area contributed by atoms with E-state index in [0.29, 0.717) is 16.8 Å². The lowest BCUT2D eigenvalue weighted by Gasteiger charge is -2.09. The van der Waals surface area contributed by atoms with Crippen LogP contribution in [0.1, 0.15) is 5.69 Å². The Labute approximate surface area is 120 Å². The highest BCUT2D eigenvalue weighted by molar-refractivity contribution is 6.34. The van der Waals surface area contributed by atoms with E-state index in [-0.39, 0.29) is 0 Å². The summed E-state index contributed by atoms with van der Waals surface area (Å²) in [7, 11) is 1.63. The van der Waals surface area contributed by atoms with Crippen molar-refractivity contribution in [3.8, 4) is 5.75 Å². The maximum atomic E-state index is 6.23. The Bertz CT molecular complexity index is 769. The first-order chi connectivity index (χ1) is 9.67. The molecule has 2 heterocycles. The molecule has 2 aromatic heterocycles. The summed E-state index contributed by atoms with van der Waals surface area (Å²) in [6.45, 7) is 1.93. The van der Waals surface area contributed by atoms with Crippen LogP contribution in [0.4, 0.5) is 11.6 Å². The largest absolute Gasteiger partial charge is 0.496 e. The van der Waals surface area contributed by atoms with Crippen LogP contribution in [0.15, 0.2) is 30.3 Å². The maximum Gasteiger partial charge on any atom is 0.153 e. The molecule has 0 bridgehead atoms. The molecule has 0 atom stereocenters. The highest BCUT2D eigenvalue weighted by Crippen LogP contribution is 2.32. The highest BCUT2D eigenvalue weighted by Gasteiger charge is 2.09. The zero-order valence-corrected chi connectivity index (χ0v) is 11.8. The van der Waals surface area contributed by atoms with Crippen LogP contribution in [-0.2, 0) is 0 Å². The second-order valence-corrected chi connectivity index (χ2v) is 4.77. The van der Waals surface area contributed by atoms with Crippen molar-refractivity contribution in [3.05, 3.63) is 41.2 Å². The van der Waals surface area contributed by atoms with Crippen LogP contribution in [0, 0.1) is 6.92 Å². The number of aromatic nitrogens is 3. The van der Waals surface area contributed by atoms with Crippen LogP contribution in [0.25, 0.3) is 10.8 Å². The Morgan fingerprint density at radius 3 is 2.75 bits per heavy atom. The van der Waals surface area contributed by atoms with E-state index in [1.807, 2.05) is 37.3 Å². The van der Waals surface area contributed by atoms with Gasteiger partial charge in [-0.25, -0.2) is 4.98 Å². The Kier molecular flexibility index (Phi) is 3.20. The van der Waals surface area contributed by atoms with Gasteiger partial charge in [0.15, 0.2) is 5.82 Å². The van der Waals surface area contributed by atoms with Gasteiger partial charge in [0.05, 0.1) is 7.11 Å². The molecule has 3 aromatic rings. The SMILES string of the molecule is COc1cccc2c(Cl)nc(Nc3cc(C)[nH]n3)cc12. The number of anilines is 2. The normalized spacial score (nSPS) is 10.8. The van der Waals surface area contributed by atoms with Crippen LogP contribution in [0.5, 0.6) is 5.75 Å². The molecule has 3 rings (SSSR count). The summed E-state index contributed by atoms with van der Waals surface area (Å²) < 4.78 is 5.36. The standard InChI is InChI=1S/C14H13ClN4O/c1-8-6-13(19-18-8)16-12-7-10-9(14(15)17-12)4-3-5-11(10)20-2/h3-7H,1-2H3,(H2,16,17,18,19). The van der Waals surface area contributed by atoms with E-state index in [4.69, 9.17) is 16.3 Å². The third-order valence-corrected chi connectivity index (χ3v) is 3.26. The van der Waals surface area contributed by atoms with Crippen LogP contribution < -0.4 is 10.1 Å². The highest BCUT2D eigenvalue weighted by atomic mass is 35.5. The van der Waals surface area contributed by atoms with Gasteiger partial charge in [-0.3, -0.25) is 5.10 Å². The van der Waals surface area contributed by atoms with Crippen LogP contribution >= 0.6 is 11.6 Å². The van der Waals surface area contributed by atoms with Crippen molar-refractivity contribution in [3.63, 3.8) is 0 Å². The Morgan fingerprint density at radius 2 is 2.05 bits per heavy atom. The van der Waals surface area contributed by atoms with Gasteiger partial charge in [-0.2, -0.15) is 5.10 Å². The maximum absolute atomic E-state index is 6.23. The second-order valence-electron chi connectivity index (χ2n) is 4.41. The number of nitrogens with zero attached hydrogens (tertiary/aromatic N) is 2. The van der Waals surface area contributed by atoms with Crippen molar-refractivity contribution in [2.45, 2.75) is 6.92 Å². The number of benzene rings is 1. The molecule has 0 aliphatic carbocycles. The van der Waals surface area contributed by atoms with Crippen molar-refractivity contribution < 1.29 is 4.74 Å². The van der Waals surface area contributed by atoms with Gasteiger partial charge in [-0.05, 0) is 19.1 Å². The number of hydrogen-bond donors (Lipinski definition) is 2. The van der Waals surface area contributed by atoms with Gasteiger partial charge < -0.3 is 10.1 Å². The number of methoxy groups -OCH3 is 1. The van der Waals surface area contributed by atoms with Gasteiger partial charge in [-0.1, -0.05) is 23.7 Å². The second kappa shape index (κ2) is 5.02. The lowest BCUT2D eigenvalue weighted by molar-refractivity contribution is 0.420. The van der Waals surface area contributed by atoms with Crippen molar-refractivity contribution in [2.24, 2.45) is 0 Å². The molecule has 0 saturated heterocycles. The van der Waals surface area contributed by atoms with E-state index in [0.717, 1.165) is 22.2 Å². The number of aromatic amines is 1. The molecular formula is C14H13ClN4O. The quantitative estimate of drug-likeness (QED) is 0.722. The number of hydrogen-bond acceptors (Lipinski definition) is 4. The zero-order valence-electron chi connectivity index (χ0n) is 11.1. The Hall–Kier alpha value is -2.27. The third-order valence-electron chi connectivity index (χ3n) is 2.97. The summed E-state index contributed by atoms with van der Waals surface area (Å²) in [5.74, 6) is 2.08. The van der Waals surface area contributed by atoms with E-state index in [1.165, 1.54) is 0 Å². The summed E-state index contributed by atoms with van der Waals surface area (Å²) in [6, 6.07) is 9.47. The van der Waals surface area contributed by atoms with Gasteiger partial charge in [0, 0.05) is 22.5 Å². The van der Waals surface area contributed by atoms with E-state index in [2.05, 4.69) is 20.5 Å². The predicted molar refractivity (Wildman–Crippen MR) is 79.9 cm³/mol. The topological polar surface area (TPSA) is 62.8 Å². The third kappa shape index (κ3) is 2.28. The Morgan fingerprint density at radius 1 is 1.20 bits per heavy atom. The van der Waals surface area contributed by atoms with Crippen LogP contribution in [0.2, 0.25) is 5.15 Å².